The van der Waals surface area contributed by atoms with Crippen molar-refractivity contribution >= 4 is 44.2 Å². The zero-order valence-electron chi connectivity index (χ0n) is 11.5. The summed E-state index contributed by atoms with van der Waals surface area (Å²) in [5.41, 5.74) is 1.05. The lowest BCUT2D eigenvalue weighted by Gasteiger charge is -2.09. The smallest absolute Gasteiger partial charge is 0.261 e. The van der Waals surface area contributed by atoms with Gasteiger partial charge in [-0.3, -0.25) is 4.72 Å². The lowest BCUT2D eigenvalue weighted by Crippen LogP contribution is -2.14. The van der Waals surface area contributed by atoms with Gasteiger partial charge in [0.1, 0.15) is 5.69 Å². The van der Waals surface area contributed by atoms with Crippen LogP contribution in [0.4, 0.5) is 11.5 Å². The molecule has 0 bridgehead atoms. The van der Waals surface area contributed by atoms with E-state index in [1.165, 1.54) is 18.2 Å². The van der Waals surface area contributed by atoms with E-state index >= 15 is 0 Å². The highest BCUT2D eigenvalue weighted by atomic mass is 35.5. The van der Waals surface area contributed by atoms with E-state index in [0.29, 0.717) is 11.0 Å². The second-order valence-electron chi connectivity index (χ2n) is 4.55. The fraction of sp³-hybridized carbons (Fsp3) is 0. The van der Waals surface area contributed by atoms with E-state index in [1.54, 1.807) is 24.3 Å². The first-order chi connectivity index (χ1) is 11.0. The predicted octanol–water partition coefficient (Wildman–Crippen LogP) is 3.48. The summed E-state index contributed by atoms with van der Waals surface area (Å²) in [7, 11) is -3.97. The van der Waals surface area contributed by atoms with Gasteiger partial charge in [-0.05, 0) is 35.5 Å². The van der Waals surface area contributed by atoms with Gasteiger partial charge < -0.3 is 0 Å². The van der Waals surface area contributed by atoms with Gasteiger partial charge in [0.05, 0.1) is 15.9 Å². The number of halogens is 1. The van der Waals surface area contributed by atoms with Crippen LogP contribution in [0.5, 0.6) is 0 Å². The summed E-state index contributed by atoms with van der Waals surface area (Å²) in [4.78, 5) is 18.7. The Labute approximate surface area is 136 Å². The Kier molecular flexibility index (Phi) is 3.93. The third-order valence-electron chi connectivity index (χ3n) is 2.99. The van der Waals surface area contributed by atoms with Crippen LogP contribution < -0.4 is 4.72 Å². The van der Waals surface area contributed by atoms with Gasteiger partial charge in [-0.2, -0.15) is 0 Å². The summed E-state index contributed by atoms with van der Waals surface area (Å²) in [6.07, 6.45) is 0. The number of nitrogens with zero attached hydrogens (tertiary/aromatic N) is 3. The molecule has 0 radical (unpaired) electrons. The molecule has 0 atom stereocenters. The van der Waals surface area contributed by atoms with Crippen LogP contribution >= 0.6 is 11.6 Å². The fourth-order valence-electron chi connectivity index (χ4n) is 1.94. The second-order valence-corrected chi connectivity index (χ2v) is 6.59. The van der Waals surface area contributed by atoms with Gasteiger partial charge in [-0.15, -0.1) is 4.91 Å². The summed E-state index contributed by atoms with van der Waals surface area (Å²) >= 11 is 5.99. The molecule has 0 aliphatic carbocycles. The van der Waals surface area contributed by atoms with Crippen molar-refractivity contribution in [3.63, 3.8) is 0 Å². The molecule has 0 aliphatic heterocycles. The Morgan fingerprint density at radius 2 is 1.70 bits per heavy atom. The Morgan fingerprint density at radius 1 is 1.00 bits per heavy atom. The number of sulfonamides is 1. The van der Waals surface area contributed by atoms with Crippen molar-refractivity contribution in [2.24, 2.45) is 5.18 Å². The van der Waals surface area contributed by atoms with Gasteiger partial charge >= 0.3 is 0 Å². The summed E-state index contributed by atoms with van der Waals surface area (Å²) < 4.78 is 27.0. The molecule has 116 valence electrons. The topological polar surface area (TPSA) is 101 Å². The predicted molar refractivity (Wildman–Crippen MR) is 87.3 cm³/mol. The first-order valence-electron chi connectivity index (χ1n) is 6.38. The molecule has 1 N–H and O–H groups in total. The molecule has 7 nitrogen and oxygen atoms in total. The quantitative estimate of drug-likeness (QED) is 0.727. The minimum atomic E-state index is -3.97. The number of rotatable bonds is 4. The molecule has 23 heavy (non-hydrogen) atoms. The third-order valence-corrected chi connectivity index (χ3v) is 4.59. The second kappa shape index (κ2) is 5.90. The van der Waals surface area contributed by atoms with Gasteiger partial charge in [0.15, 0.2) is 11.0 Å². The molecule has 1 aromatic heterocycles. The lowest BCUT2D eigenvalue weighted by molar-refractivity contribution is 0.601. The molecular weight excluding hydrogens is 340 g/mol. The number of hydrogen-bond donors (Lipinski definition) is 1. The number of nitroso groups, excluding NO2 is 1. The Balaban J connectivity index is 2.03. The monoisotopic (exact) mass is 348 g/mol. The van der Waals surface area contributed by atoms with Crippen molar-refractivity contribution < 1.29 is 8.42 Å². The highest BCUT2D eigenvalue weighted by Gasteiger charge is 2.18. The van der Waals surface area contributed by atoms with Crippen LogP contribution in [0.25, 0.3) is 11.0 Å². The van der Waals surface area contributed by atoms with E-state index in [1.807, 2.05) is 0 Å². The molecule has 9 heteroatoms. The highest BCUT2D eigenvalue weighted by molar-refractivity contribution is 7.92. The highest BCUT2D eigenvalue weighted by Crippen LogP contribution is 2.25. The normalized spacial score (nSPS) is 11.3. The molecule has 0 aliphatic rings. The summed E-state index contributed by atoms with van der Waals surface area (Å²) in [6, 6.07) is 12.2. The first-order valence-corrected chi connectivity index (χ1v) is 8.24. The minimum Gasteiger partial charge on any atom is -0.261 e. The van der Waals surface area contributed by atoms with Crippen molar-refractivity contribution in [1.82, 2.24) is 9.97 Å². The zero-order valence-corrected chi connectivity index (χ0v) is 13.0. The van der Waals surface area contributed by atoms with E-state index in [0.717, 1.165) is 6.07 Å². The van der Waals surface area contributed by atoms with Gasteiger partial charge in [0.25, 0.3) is 10.0 Å². The van der Waals surface area contributed by atoms with Crippen LogP contribution in [0.3, 0.4) is 0 Å². The van der Waals surface area contributed by atoms with E-state index in [2.05, 4.69) is 19.9 Å². The number of anilines is 1. The average molecular weight is 349 g/mol. The maximum Gasteiger partial charge on any atom is 0.263 e. The number of para-hydroxylation sites is 2. The first kappa shape index (κ1) is 15.3. The minimum absolute atomic E-state index is 0.00330. The molecule has 0 amide bonds. The molecule has 0 saturated heterocycles. The number of nitrogens with one attached hydrogen (secondary N) is 1. The van der Waals surface area contributed by atoms with Crippen LogP contribution in [0.15, 0.2) is 58.6 Å². The molecule has 0 unspecified atom stereocenters. The van der Waals surface area contributed by atoms with Gasteiger partial charge in [-0.1, -0.05) is 29.8 Å². The van der Waals surface area contributed by atoms with Crippen molar-refractivity contribution in [2.75, 3.05) is 4.72 Å². The summed E-state index contributed by atoms with van der Waals surface area (Å²) in [5, 5.41) is 2.64. The maximum absolute atomic E-state index is 12.4. The van der Waals surface area contributed by atoms with Gasteiger partial charge in [0, 0.05) is 0 Å². The van der Waals surface area contributed by atoms with Crippen LogP contribution in [0.2, 0.25) is 5.15 Å². The maximum atomic E-state index is 12.4. The van der Waals surface area contributed by atoms with Crippen molar-refractivity contribution in [3.8, 4) is 0 Å². The van der Waals surface area contributed by atoms with Crippen LogP contribution in [0.1, 0.15) is 0 Å². The Bertz CT molecular complexity index is 1010. The molecule has 3 aromatic rings. The number of benzene rings is 2. The standard InChI is InChI=1S/C14H9ClN4O3S/c15-13-14(17-12-7-2-1-6-11(12)16-13)19-23(21,22)10-5-3-4-9(8-10)18-20/h1-8H,(H,17,19). The van der Waals surface area contributed by atoms with Crippen LogP contribution in [-0.4, -0.2) is 18.4 Å². The number of aromatic nitrogens is 2. The van der Waals surface area contributed by atoms with E-state index in [-0.39, 0.29) is 21.6 Å². The Hall–Kier alpha value is -2.58. The fourth-order valence-corrected chi connectivity index (χ4v) is 3.22. The SMILES string of the molecule is O=Nc1cccc(S(=O)(=O)Nc2nc3ccccc3nc2Cl)c1. The molecule has 0 fully saturated rings. The average Bonchev–Trinajstić information content (AvgIpc) is 2.55. The molecule has 0 spiro atoms. The van der Waals surface area contributed by atoms with Crippen molar-refractivity contribution in [1.29, 1.82) is 0 Å². The molecule has 2 aromatic carbocycles. The number of fused-ring (bicyclic) bond motifs is 1. The van der Waals surface area contributed by atoms with Crippen LogP contribution in [-0.2, 0) is 10.0 Å². The van der Waals surface area contributed by atoms with E-state index < -0.39 is 10.0 Å². The van der Waals surface area contributed by atoms with Gasteiger partial charge in [0.2, 0.25) is 0 Å². The Morgan fingerprint density at radius 3 is 2.39 bits per heavy atom. The van der Waals surface area contributed by atoms with E-state index in [9.17, 15) is 13.3 Å². The molecular formula is C14H9ClN4O3S. The molecule has 3 rings (SSSR count). The summed E-state index contributed by atoms with van der Waals surface area (Å²) in [5.74, 6) is -0.0881. The zero-order chi connectivity index (χ0) is 16.4. The van der Waals surface area contributed by atoms with Gasteiger partial charge in [-0.25, -0.2) is 18.4 Å². The third kappa shape index (κ3) is 3.13. The molecule has 0 saturated carbocycles. The molecule has 1 heterocycles. The largest absolute Gasteiger partial charge is 0.263 e. The van der Waals surface area contributed by atoms with E-state index in [4.69, 9.17) is 11.6 Å². The lowest BCUT2D eigenvalue weighted by atomic mass is 10.3. The van der Waals surface area contributed by atoms with Crippen LogP contribution in [0, 0.1) is 4.91 Å². The number of hydrogen-bond acceptors (Lipinski definition) is 6. The summed E-state index contributed by atoms with van der Waals surface area (Å²) in [6.45, 7) is 0. The van der Waals surface area contributed by atoms with Crippen molar-refractivity contribution in [3.05, 3.63) is 58.6 Å². The van der Waals surface area contributed by atoms with Crippen molar-refractivity contribution in [2.45, 2.75) is 4.90 Å².